The predicted molar refractivity (Wildman–Crippen MR) is 119 cm³/mol. The van der Waals surface area contributed by atoms with Gasteiger partial charge in [0.15, 0.2) is 5.11 Å². The number of ether oxygens (including phenoxy) is 1. The maximum absolute atomic E-state index is 13.1. The van der Waals surface area contributed by atoms with Crippen LogP contribution in [0.15, 0.2) is 23.1 Å². The van der Waals surface area contributed by atoms with Crippen molar-refractivity contribution in [3.63, 3.8) is 0 Å². The molecule has 1 aromatic rings. The van der Waals surface area contributed by atoms with Crippen molar-refractivity contribution in [2.45, 2.75) is 38.0 Å². The molecule has 0 spiro atoms. The van der Waals surface area contributed by atoms with Gasteiger partial charge in [0.1, 0.15) is 0 Å². The van der Waals surface area contributed by atoms with E-state index in [1.807, 2.05) is 6.07 Å². The third-order valence-corrected chi connectivity index (χ3v) is 7.01. The topological polar surface area (TPSA) is 73.9 Å². The number of methoxy groups -OCH3 is 1. The van der Waals surface area contributed by atoms with Crippen molar-refractivity contribution >= 4 is 38.7 Å². The highest BCUT2D eigenvalue weighted by Gasteiger charge is 2.27. The number of sulfonamides is 1. The average molecular weight is 429 g/mol. The second kappa shape index (κ2) is 10.9. The molecule has 1 aromatic carbocycles. The van der Waals surface area contributed by atoms with Crippen LogP contribution in [0.5, 0.6) is 0 Å². The predicted octanol–water partition coefficient (Wildman–Crippen LogP) is 2.64. The fourth-order valence-corrected chi connectivity index (χ4v) is 5.06. The molecule has 0 atom stereocenters. The minimum atomic E-state index is -3.51. The summed E-state index contributed by atoms with van der Waals surface area (Å²) in [4.78, 5) is 2.46. The summed E-state index contributed by atoms with van der Waals surface area (Å²) < 4.78 is 32.8. The van der Waals surface area contributed by atoms with E-state index in [0.29, 0.717) is 41.9 Å². The van der Waals surface area contributed by atoms with Crippen LogP contribution in [0.3, 0.4) is 0 Å². The number of benzene rings is 1. The molecule has 1 saturated heterocycles. The van der Waals surface area contributed by atoms with Crippen LogP contribution in [0, 0.1) is 0 Å². The summed E-state index contributed by atoms with van der Waals surface area (Å²) in [5, 5.41) is 6.69. The van der Waals surface area contributed by atoms with Crippen LogP contribution in [0.25, 0.3) is 0 Å². The third-order valence-electron chi connectivity index (χ3n) is 4.86. The van der Waals surface area contributed by atoms with Gasteiger partial charge in [-0.2, -0.15) is 4.31 Å². The van der Waals surface area contributed by atoms with Gasteiger partial charge in [-0.25, -0.2) is 8.42 Å². The zero-order valence-corrected chi connectivity index (χ0v) is 18.7. The van der Waals surface area contributed by atoms with Gasteiger partial charge in [0, 0.05) is 39.8 Å². The van der Waals surface area contributed by atoms with Gasteiger partial charge >= 0.3 is 0 Å². The maximum Gasteiger partial charge on any atom is 0.243 e. The molecule has 0 saturated carbocycles. The summed E-state index contributed by atoms with van der Waals surface area (Å²) in [6.45, 7) is 8.05. The average Bonchev–Trinajstić information content (AvgIpc) is 2.70. The fourth-order valence-electron chi connectivity index (χ4n) is 3.30. The number of hydrogen-bond acceptors (Lipinski definition) is 5. The van der Waals surface area contributed by atoms with Crippen molar-refractivity contribution in [2.24, 2.45) is 0 Å². The summed E-state index contributed by atoms with van der Waals surface area (Å²) in [5.41, 5.74) is 1.62. The Bertz CT molecular complexity index is 746. The smallest absolute Gasteiger partial charge is 0.243 e. The Morgan fingerprint density at radius 2 is 1.89 bits per heavy atom. The van der Waals surface area contributed by atoms with E-state index >= 15 is 0 Å². The Labute approximate surface area is 174 Å². The van der Waals surface area contributed by atoms with Gasteiger partial charge < -0.3 is 20.3 Å². The molecule has 1 aliphatic rings. The molecule has 1 fully saturated rings. The fraction of sp³-hybridized carbons (Fsp3) is 0.632. The van der Waals surface area contributed by atoms with Gasteiger partial charge in [0.05, 0.1) is 22.9 Å². The standard InChI is InChI=1S/C19H32N4O3S2/c1-4-22(5-2)18-10-9-16(28(24,25)23-12-7-6-8-13-23)15-17(18)21-19(27)20-11-14-26-3/h9-10,15H,4-8,11-14H2,1-3H3,(H2,20,21,27). The van der Waals surface area contributed by atoms with Crippen LogP contribution in [0.1, 0.15) is 33.1 Å². The second-order valence-corrected chi connectivity index (χ2v) is 9.04. The quantitative estimate of drug-likeness (QED) is 0.463. The molecule has 28 heavy (non-hydrogen) atoms. The lowest BCUT2D eigenvalue weighted by Gasteiger charge is -2.28. The number of rotatable bonds is 9. The molecule has 1 aliphatic heterocycles. The van der Waals surface area contributed by atoms with E-state index in [1.54, 1.807) is 23.5 Å². The Kier molecular flexibility index (Phi) is 8.94. The van der Waals surface area contributed by atoms with Crippen LogP contribution in [-0.4, -0.2) is 64.3 Å². The van der Waals surface area contributed by atoms with E-state index in [9.17, 15) is 8.42 Å². The zero-order chi connectivity index (χ0) is 20.6. The van der Waals surface area contributed by atoms with Gasteiger partial charge in [0.25, 0.3) is 0 Å². The largest absolute Gasteiger partial charge is 0.383 e. The molecule has 9 heteroatoms. The van der Waals surface area contributed by atoms with Gasteiger partial charge in [-0.1, -0.05) is 6.42 Å². The number of piperidine rings is 1. The summed E-state index contributed by atoms with van der Waals surface area (Å²) in [5.74, 6) is 0. The zero-order valence-electron chi connectivity index (χ0n) is 17.0. The molecule has 0 radical (unpaired) electrons. The lowest BCUT2D eigenvalue weighted by molar-refractivity contribution is 0.204. The molecule has 2 N–H and O–H groups in total. The van der Waals surface area contributed by atoms with Gasteiger partial charge in [-0.3, -0.25) is 0 Å². The first-order chi connectivity index (χ1) is 13.4. The first kappa shape index (κ1) is 22.9. The van der Waals surface area contributed by atoms with Gasteiger partial charge in [0.2, 0.25) is 10.0 Å². The molecular weight excluding hydrogens is 396 g/mol. The minimum Gasteiger partial charge on any atom is -0.383 e. The minimum absolute atomic E-state index is 0.299. The first-order valence-corrected chi connectivity index (χ1v) is 11.7. The highest BCUT2D eigenvalue weighted by molar-refractivity contribution is 7.89. The monoisotopic (exact) mass is 428 g/mol. The molecule has 158 valence electrons. The highest BCUT2D eigenvalue weighted by Crippen LogP contribution is 2.31. The molecule has 0 aliphatic carbocycles. The molecule has 7 nitrogen and oxygen atoms in total. The highest BCUT2D eigenvalue weighted by atomic mass is 32.2. The van der Waals surface area contributed by atoms with E-state index in [-0.39, 0.29) is 0 Å². The summed E-state index contributed by atoms with van der Waals surface area (Å²) in [6, 6.07) is 5.26. The number of anilines is 2. The Balaban J connectivity index is 2.32. The van der Waals surface area contributed by atoms with Crippen LogP contribution >= 0.6 is 12.2 Å². The Morgan fingerprint density at radius 3 is 2.50 bits per heavy atom. The normalized spacial score (nSPS) is 15.2. The van der Waals surface area contributed by atoms with Crippen molar-refractivity contribution in [1.82, 2.24) is 9.62 Å². The van der Waals surface area contributed by atoms with E-state index < -0.39 is 10.0 Å². The SMILES string of the molecule is CCN(CC)c1ccc(S(=O)(=O)N2CCCCC2)cc1NC(=S)NCCOC. The summed E-state index contributed by atoms with van der Waals surface area (Å²) in [6.07, 6.45) is 2.91. The molecule has 2 rings (SSSR count). The number of hydrogen-bond donors (Lipinski definition) is 2. The molecule has 1 heterocycles. The summed E-state index contributed by atoms with van der Waals surface area (Å²) in [7, 11) is -1.88. The van der Waals surface area contributed by atoms with Crippen molar-refractivity contribution in [3.05, 3.63) is 18.2 Å². The number of thiocarbonyl (C=S) groups is 1. The summed E-state index contributed by atoms with van der Waals surface area (Å²) >= 11 is 5.37. The molecule has 0 unspecified atom stereocenters. The van der Waals surface area contributed by atoms with Crippen LogP contribution in [0.2, 0.25) is 0 Å². The van der Waals surface area contributed by atoms with Crippen molar-refractivity contribution in [1.29, 1.82) is 0 Å². The van der Waals surface area contributed by atoms with Crippen molar-refractivity contribution in [3.8, 4) is 0 Å². The first-order valence-electron chi connectivity index (χ1n) is 9.87. The molecule has 0 amide bonds. The van der Waals surface area contributed by atoms with Crippen molar-refractivity contribution in [2.75, 3.05) is 56.7 Å². The maximum atomic E-state index is 13.1. The molecular formula is C19H32N4O3S2. The lowest BCUT2D eigenvalue weighted by atomic mass is 10.2. The van der Waals surface area contributed by atoms with Crippen LogP contribution < -0.4 is 15.5 Å². The van der Waals surface area contributed by atoms with Gasteiger partial charge in [-0.05, 0) is 57.1 Å². The lowest BCUT2D eigenvalue weighted by Crippen LogP contribution is -2.36. The number of nitrogens with zero attached hydrogens (tertiary/aromatic N) is 2. The van der Waals surface area contributed by atoms with E-state index in [0.717, 1.165) is 38.0 Å². The molecule has 0 bridgehead atoms. The van der Waals surface area contributed by atoms with Crippen molar-refractivity contribution < 1.29 is 13.2 Å². The van der Waals surface area contributed by atoms with Gasteiger partial charge in [-0.15, -0.1) is 0 Å². The van der Waals surface area contributed by atoms with E-state index in [2.05, 4.69) is 29.4 Å². The van der Waals surface area contributed by atoms with E-state index in [1.165, 1.54) is 0 Å². The molecule has 0 aromatic heterocycles. The van der Waals surface area contributed by atoms with E-state index in [4.69, 9.17) is 17.0 Å². The number of nitrogens with one attached hydrogen (secondary N) is 2. The third kappa shape index (κ3) is 5.79. The van der Waals surface area contributed by atoms with Crippen LogP contribution in [-0.2, 0) is 14.8 Å². The Morgan fingerprint density at radius 1 is 1.21 bits per heavy atom. The second-order valence-electron chi connectivity index (χ2n) is 6.69. The van der Waals surface area contributed by atoms with Crippen LogP contribution in [0.4, 0.5) is 11.4 Å². The Hall–Kier alpha value is -1.42.